The van der Waals surface area contributed by atoms with Gasteiger partial charge in [-0.05, 0) is 37.5 Å². The number of ether oxygens (including phenoxy) is 1. The molecule has 0 aromatic heterocycles. The summed E-state index contributed by atoms with van der Waals surface area (Å²) in [5, 5.41) is 0. The molecule has 2 rings (SSSR count). The monoisotopic (exact) mass is 317 g/mol. The molecule has 1 unspecified atom stereocenters. The molecule has 0 saturated carbocycles. The number of alkyl halides is 1. The first-order chi connectivity index (χ1) is 9.54. The van der Waals surface area contributed by atoms with Crippen LogP contribution in [0.3, 0.4) is 0 Å². The smallest absolute Gasteiger partial charge is 0.243 e. The van der Waals surface area contributed by atoms with Gasteiger partial charge in [0.2, 0.25) is 10.0 Å². The van der Waals surface area contributed by atoms with E-state index in [0.29, 0.717) is 30.5 Å². The van der Waals surface area contributed by atoms with E-state index in [1.807, 2.05) is 19.1 Å². The fourth-order valence-corrected chi connectivity index (χ4v) is 3.89. The molecule has 1 heterocycles. The van der Waals surface area contributed by atoms with Crippen molar-refractivity contribution in [2.45, 2.75) is 30.8 Å². The summed E-state index contributed by atoms with van der Waals surface area (Å²) < 4.78 is 31.9. The van der Waals surface area contributed by atoms with Crippen molar-refractivity contribution in [3.63, 3.8) is 0 Å². The molecule has 0 spiro atoms. The van der Waals surface area contributed by atoms with Crippen LogP contribution in [0.1, 0.15) is 18.9 Å². The Balaban J connectivity index is 2.12. The third kappa shape index (κ3) is 3.73. The molecule has 20 heavy (non-hydrogen) atoms. The number of benzene rings is 1. The number of rotatable bonds is 5. The zero-order chi connectivity index (χ0) is 14.6. The van der Waals surface area contributed by atoms with Crippen molar-refractivity contribution >= 4 is 21.6 Å². The van der Waals surface area contributed by atoms with Gasteiger partial charge in [-0.2, -0.15) is 4.31 Å². The second-order valence-electron chi connectivity index (χ2n) is 4.98. The van der Waals surface area contributed by atoms with Gasteiger partial charge in [-0.1, -0.05) is 12.1 Å². The fourth-order valence-electron chi connectivity index (χ4n) is 2.25. The van der Waals surface area contributed by atoms with Crippen molar-refractivity contribution in [1.82, 2.24) is 4.31 Å². The Bertz CT molecular complexity index is 530. The van der Waals surface area contributed by atoms with Gasteiger partial charge in [0, 0.05) is 19.0 Å². The third-order valence-corrected chi connectivity index (χ3v) is 5.51. The number of nitrogens with zero attached hydrogens (tertiary/aromatic N) is 1. The summed E-state index contributed by atoms with van der Waals surface area (Å²) in [4.78, 5) is 0.348. The highest BCUT2D eigenvalue weighted by Crippen LogP contribution is 2.19. The predicted octanol–water partition coefficient (Wildman–Crippen LogP) is 2.27. The molecule has 1 aliphatic rings. The standard InChI is InChI=1S/C14H20ClNO3S/c1-12-11-16(9-10-19-12)20(17,18)14-6-4-13(5-7-14)3-2-8-15/h4-7,12H,2-3,8-11H2,1H3. The Morgan fingerprint density at radius 3 is 2.65 bits per heavy atom. The normalized spacial score (nSPS) is 21.0. The molecular weight excluding hydrogens is 298 g/mol. The number of halogens is 1. The molecule has 1 saturated heterocycles. The van der Waals surface area contributed by atoms with Crippen LogP contribution in [0.25, 0.3) is 0 Å². The molecule has 1 atom stereocenters. The second kappa shape index (κ2) is 6.89. The first-order valence-electron chi connectivity index (χ1n) is 6.80. The number of hydrogen-bond donors (Lipinski definition) is 0. The highest BCUT2D eigenvalue weighted by atomic mass is 35.5. The lowest BCUT2D eigenvalue weighted by atomic mass is 10.1. The third-order valence-electron chi connectivity index (χ3n) is 3.36. The van der Waals surface area contributed by atoms with Gasteiger partial charge < -0.3 is 4.74 Å². The molecular formula is C14H20ClNO3S. The minimum atomic E-state index is -3.40. The Morgan fingerprint density at radius 1 is 1.35 bits per heavy atom. The molecule has 112 valence electrons. The van der Waals surface area contributed by atoms with Gasteiger partial charge in [0.05, 0.1) is 17.6 Å². The molecule has 1 fully saturated rings. The van der Waals surface area contributed by atoms with Gasteiger partial charge in [0.1, 0.15) is 0 Å². The predicted molar refractivity (Wildman–Crippen MR) is 79.7 cm³/mol. The highest BCUT2D eigenvalue weighted by molar-refractivity contribution is 7.89. The second-order valence-corrected chi connectivity index (χ2v) is 7.30. The molecule has 0 N–H and O–H groups in total. The Kier molecular flexibility index (Phi) is 5.43. The minimum Gasteiger partial charge on any atom is -0.376 e. The molecule has 0 bridgehead atoms. The highest BCUT2D eigenvalue weighted by Gasteiger charge is 2.28. The van der Waals surface area contributed by atoms with Crippen molar-refractivity contribution in [3.05, 3.63) is 29.8 Å². The molecule has 1 aromatic rings. The fraction of sp³-hybridized carbons (Fsp3) is 0.571. The maximum Gasteiger partial charge on any atom is 0.243 e. The van der Waals surface area contributed by atoms with Crippen molar-refractivity contribution in [3.8, 4) is 0 Å². The number of morpholine rings is 1. The SMILES string of the molecule is CC1CN(S(=O)(=O)c2ccc(CCCCl)cc2)CCO1. The van der Waals surface area contributed by atoms with E-state index in [0.717, 1.165) is 18.4 Å². The van der Waals surface area contributed by atoms with E-state index < -0.39 is 10.0 Å². The van der Waals surface area contributed by atoms with Crippen molar-refractivity contribution in [2.24, 2.45) is 0 Å². The van der Waals surface area contributed by atoms with E-state index in [-0.39, 0.29) is 6.10 Å². The largest absolute Gasteiger partial charge is 0.376 e. The number of hydrogen-bond acceptors (Lipinski definition) is 3. The minimum absolute atomic E-state index is 0.0541. The van der Waals surface area contributed by atoms with Crippen molar-refractivity contribution in [2.75, 3.05) is 25.6 Å². The average molecular weight is 318 g/mol. The summed E-state index contributed by atoms with van der Waals surface area (Å²) in [7, 11) is -3.40. The van der Waals surface area contributed by atoms with Gasteiger partial charge in [0.15, 0.2) is 0 Å². The van der Waals surface area contributed by atoms with Crippen LogP contribution < -0.4 is 0 Å². The summed E-state index contributed by atoms with van der Waals surface area (Å²) in [5.41, 5.74) is 1.11. The van der Waals surface area contributed by atoms with E-state index in [1.165, 1.54) is 4.31 Å². The average Bonchev–Trinajstić information content (AvgIpc) is 2.45. The van der Waals surface area contributed by atoms with Gasteiger partial charge in [0.25, 0.3) is 0 Å². The van der Waals surface area contributed by atoms with Crippen LogP contribution in [0.4, 0.5) is 0 Å². The zero-order valence-corrected chi connectivity index (χ0v) is 13.2. The summed E-state index contributed by atoms with van der Waals surface area (Å²) in [6, 6.07) is 7.09. The maximum absolute atomic E-state index is 12.5. The van der Waals surface area contributed by atoms with Crippen LogP contribution >= 0.6 is 11.6 Å². The molecule has 6 heteroatoms. The lowest BCUT2D eigenvalue weighted by molar-refractivity contribution is 0.0102. The number of sulfonamides is 1. The van der Waals surface area contributed by atoms with Gasteiger partial charge >= 0.3 is 0 Å². The lowest BCUT2D eigenvalue weighted by Crippen LogP contribution is -2.44. The van der Waals surface area contributed by atoms with E-state index in [1.54, 1.807) is 12.1 Å². The molecule has 1 aliphatic heterocycles. The van der Waals surface area contributed by atoms with Crippen LogP contribution in [0.2, 0.25) is 0 Å². The van der Waals surface area contributed by atoms with Crippen LogP contribution in [0.5, 0.6) is 0 Å². The zero-order valence-electron chi connectivity index (χ0n) is 11.6. The van der Waals surface area contributed by atoms with E-state index in [2.05, 4.69) is 0 Å². The van der Waals surface area contributed by atoms with Crippen LogP contribution in [0.15, 0.2) is 29.2 Å². The van der Waals surface area contributed by atoms with E-state index >= 15 is 0 Å². The maximum atomic E-state index is 12.5. The molecule has 1 aromatic carbocycles. The van der Waals surface area contributed by atoms with E-state index in [4.69, 9.17) is 16.3 Å². The van der Waals surface area contributed by atoms with E-state index in [9.17, 15) is 8.42 Å². The lowest BCUT2D eigenvalue weighted by Gasteiger charge is -2.30. The van der Waals surface area contributed by atoms with Crippen molar-refractivity contribution < 1.29 is 13.2 Å². The quantitative estimate of drug-likeness (QED) is 0.783. The summed E-state index contributed by atoms with van der Waals surface area (Å²) in [5.74, 6) is 0.617. The van der Waals surface area contributed by atoms with Gasteiger partial charge in [-0.15, -0.1) is 11.6 Å². The first kappa shape index (κ1) is 15.8. The Morgan fingerprint density at radius 2 is 2.05 bits per heavy atom. The molecule has 0 radical (unpaired) electrons. The summed E-state index contributed by atoms with van der Waals surface area (Å²) >= 11 is 5.66. The van der Waals surface area contributed by atoms with Gasteiger partial charge in [-0.25, -0.2) is 8.42 Å². The molecule has 0 aliphatic carbocycles. The van der Waals surface area contributed by atoms with Crippen LogP contribution in [0, 0.1) is 0 Å². The van der Waals surface area contributed by atoms with Gasteiger partial charge in [-0.3, -0.25) is 0 Å². The Hall–Kier alpha value is -0.620. The van der Waals surface area contributed by atoms with Crippen LogP contribution in [-0.4, -0.2) is 44.4 Å². The molecule has 4 nitrogen and oxygen atoms in total. The topological polar surface area (TPSA) is 46.6 Å². The Labute approximate surface area is 125 Å². The van der Waals surface area contributed by atoms with Crippen LogP contribution in [-0.2, 0) is 21.2 Å². The van der Waals surface area contributed by atoms with Crippen molar-refractivity contribution in [1.29, 1.82) is 0 Å². The first-order valence-corrected chi connectivity index (χ1v) is 8.78. The summed E-state index contributed by atoms with van der Waals surface area (Å²) in [6.45, 7) is 3.17. The molecule has 0 amide bonds. The number of aryl methyl sites for hydroxylation is 1. The summed E-state index contributed by atoms with van der Waals surface area (Å²) in [6.07, 6.45) is 1.72.